The topological polar surface area (TPSA) is 88.9 Å². The van der Waals surface area contributed by atoms with E-state index in [0.717, 1.165) is 0 Å². The molecule has 0 aliphatic carbocycles. The van der Waals surface area contributed by atoms with Crippen molar-refractivity contribution in [2.45, 2.75) is 6.61 Å². The molecule has 0 amide bonds. The smallest absolute Gasteiger partial charge is 0.469 e. The van der Waals surface area contributed by atoms with E-state index in [1.807, 2.05) is 0 Å². The van der Waals surface area contributed by atoms with Gasteiger partial charge in [0.1, 0.15) is 6.61 Å². The van der Waals surface area contributed by atoms with Gasteiger partial charge in [0.15, 0.2) is 0 Å². The number of hydrogen-bond acceptors (Lipinski definition) is 4. The molecule has 0 aliphatic heterocycles. The van der Waals surface area contributed by atoms with E-state index in [1.54, 1.807) is 12.1 Å². The minimum absolute atomic E-state index is 0.290. The Hall–Kier alpha value is -0.460. The minimum atomic E-state index is -4.48. The highest BCUT2D eigenvalue weighted by Gasteiger charge is 2.15. The quantitative estimate of drug-likeness (QED) is 0.818. The first-order chi connectivity index (χ1) is 6.92. The van der Waals surface area contributed by atoms with Crippen molar-refractivity contribution in [2.24, 2.45) is 0 Å². The molecule has 1 rings (SSSR count). The predicted molar refractivity (Wildman–Crippen MR) is 55.3 cm³/mol. The molecular formula is C7H9BrNO5P. The van der Waals surface area contributed by atoms with Gasteiger partial charge in [-0.05, 0) is 22.0 Å². The molecule has 84 valence electrons. The number of nitrogens with zero attached hydrogens (tertiary/aromatic N) is 1. The van der Waals surface area contributed by atoms with Gasteiger partial charge in [0.2, 0.25) is 5.88 Å². The molecule has 0 unspecified atom stereocenters. The normalized spacial score (nSPS) is 11.5. The van der Waals surface area contributed by atoms with Crippen molar-refractivity contribution in [1.29, 1.82) is 0 Å². The number of aromatic nitrogens is 1. The average molecular weight is 298 g/mol. The van der Waals surface area contributed by atoms with E-state index in [0.29, 0.717) is 16.0 Å². The third kappa shape index (κ3) is 4.27. The van der Waals surface area contributed by atoms with Crippen molar-refractivity contribution in [3.05, 3.63) is 22.3 Å². The first-order valence-corrected chi connectivity index (χ1v) is 6.14. The Balaban J connectivity index is 2.80. The Kier molecular flexibility index (Phi) is 4.24. The van der Waals surface area contributed by atoms with Crippen LogP contribution in [0.25, 0.3) is 0 Å². The lowest BCUT2D eigenvalue weighted by molar-refractivity contribution is 0.186. The van der Waals surface area contributed by atoms with E-state index in [2.05, 4.69) is 25.4 Å². The summed E-state index contributed by atoms with van der Waals surface area (Å²) in [5.74, 6) is 0.350. The van der Waals surface area contributed by atoms with E-state index >= 15 is 0 Å². The SMILES string of the molecule is COc1ccc(Br)c(COP(=O)(O)O)n1. The molecular weight excluding hydrogens is 289 g/mol. The van der Waals surface area contributed by atoms with Crippen LogP contribution in [-0.4, -0.2) is 21.9 Å². The molecule has 0 spiro atoms. The fourth-order valence-corrected chi connectivity index (χ4v) is 1.45. The van der Waals surface area contributed by atoms with Gasteiger partial charge in [-0.3, -0.25) is 4.52 Å². The molecule has 6 nitrogen and oxygen atoms in total. The van der Waals surface area contributed by atoms with Crippen LogP contribution in [-0.2, 0) is 15.7 Å². The second-order valence-corrected chi connectivity index (χ2v) is 4.64. The van der Waals surface area contributed by atoms with Crippen LogP contribution in [0, 0.1) is 0 Å². The molecule has 0 saturated heterocycles. The van der Waals surface area contributed by atoms with Crippen molar-refractivity contribution in [2.75, 3.05) is 7.11 Å². The van der Waals surface area contributed by atoms with Gasteiger partial charge in [-0.25, -0.2) is 9.55 Å². The monoisotopic (exact) mass is 297 g/mol. The van der Waals surface area contributed by atoms with Crippen LogP contribution in [0.1, 0.15) is 5.69 Å². The molecule has 0 aromatic carbocycles. The van der Waals surface area contributed by atoms with Crippen molar-refractivity contribution in [3.8, 4) is 5.88 Å². The summed E-state index contributed by atoms with van der Waals surface area (Å²) in [5, 5.41) is 0. The van der Waals surface area contributed by atoms with Crippen molar-refractivity contribution in [3.63, 3.8) is 0 Å². The maximum Gasteiger partial charge on any atom is 0.469 e. The summed E-state index contributed by atoms with van der Waals surface area (Å²) < 4.78 is 20.2. The fraction of sp³-hybridized carbons (Fsp3) is 0.286. The minimum Gasteiger partial charge on any atom is -0.481 e. The summed E-state index contributed by atoms with van der Waals surface area (Å²) in [6.45, 7) is -0.290. The summed E-state index contributed by atoms with van der Waals surface area (Å²) in [5.41, 5.74) is 0.359. The molecule has 0 bridgehead atoms. The van der Waals surface area contributed by atoms with Gasteiger partial charge in [-0.2, -0.15) is 0 Å². The highest BCUT2D eigenvalue weighted by Crippen LogP contribution is 2.37. The zero-order valence-corrected chi connectivity index (χ0v) is 10.2. The van der Waals surface area contributed by atoms with Crippen LogP contribution >= 0.6 is 23.8 Å². The van der Waals surface area contributed by atoms with Crippen LogP contribution in [0.5, 0.6) is 5.88 Å². The van der Waals surface area contributed by atoms with Crippen LogP contribution in [0.4, 0.5) is 0 Å². The van der Waals surface area contributed by atoms with Gasteiger partial charge < -0.3 is 14.5 Å². The Morgan fingerprint density at radius 2 is 2.20 bits per heavy atom. The van der Waals surface area contributed by atoms with Gasteiger partial charge in [0, 0.05) is 10.5 Å². The first-order valence-electron chi connectivity index (χ1n) is 3.82. The molecule has 0 saturated carbocycles. The summed E-state index contributed by atoms with van der Waals surface area (Å²) >= 11 is 3.18. The number of halogens is 1. The standard InChI is InChI=1S/C7H9BrNO5P/c1-13-7-3-2-5(8)6(9-7)4-14-15(10,11)12/h2-3H,4H2,1H3,(H2,10,11,12). The number of ether oxygens (including phenoxy) is 1. The molecule has 0 radical (unpaired) electrons. The number of methoxy groups -OCH3 is 1. The molecule has 1 heterocycles. The highest BCUT2D eigenvalue weighted by atomic mass is 79.9. The largest absolute Gasteiger partial charge is 0.481 e. The average Bonchev–Trinajstić information content (AvgIpc) is 2.15. The Morgan fingerprint density at radius 1 is 1.53 bits per heavy atom. The fourth-order valence-electron chi connectivity index (χ4n) is 0.824. The zero-order valence-electron chi connectivity index (χ0n) is 7.75. The van der Waals surface area contributed by atoms with Crippen LogP contribution < -0.4 is 4.74 Å². The van der Waals surface area contributed by atoms with Gasteiger partial charge in [-0.15, -0.1) is 0 Å². The maximum atomic E-state index is 10.5. The Bertz CT molecular complexity index is 393. The van der Waals surface area contributed by atoms with E-state index in [9.17, 15) is 4.57 Å². The highest BCUT2D eigenvalue weighted by molar-refractivity contribution is 9.10. The van der Waals surface area contributed by atoms with E-state index in [-0.39, 0.29) is 6.61 Å². The first kappa shape index (κ1) is 12.6. The summed E-state index contributed by atoms with van der Waals surface area (Å²) in [4.78, 5) is 21.0. The molecule has 15 heavy (non-hydrogen) atoms. The lowest BCUT2D eigenvalue weighted by Crippen LogP contribution is -1.97. The molecule has 1 aromatic rings. The predicted octanol–water partition coefficient (Wildman–Crippen LogP) is 1.46. The van der Waals surface area contributed by atoms with Crippen LogP contribution in [0.3, 0.4) is 0 Å². The number of phosphoric ester groups is 1. The molecule has 0 aliphatic rings. The second kappa shape index (κ2) is 5.05. The third-order valence-electron chi connectivity index (χ3n) is 1.47. The summed E-state index contributed by atoms with van der Waals surface area (Å²) in [7, 11) is -3.03. The van der Waals surface area contributed by atoms with Crippen LogP contribution in [0.15, 0.2) is 16.6 Å². The molecule has 0 atom stereocenters. The summed E-state index contributed by atoms with van der Waals surface area (Å²) in [6, 6.07) is 3.27. The van der Waals surface area contributed by atoms with E-state index in [1.165, 1.54) is 7.11 Å². The van der Waals surface area contributed by atoms with Gasteiger partial charge >= 0.3 is 7.82 Å². The lowest BCUT2D eigenvalue weighted by Gasteiger charge is -2.07. The van der Waals surface area contributed by atoms with E-state index in [4.69, 9.17) is 14.5 Å². The second-order valence-electron chi connectivity index (χ2n) is 2.55. The molecule has 0 fully saturated rings. The van der Waals surface area contributed by atoms with Crippen molar-refractivity contribution < 1.29 is 23.6 Å². The molecule has 8 heteroatoms. The van der Waals surface area contributed by atoms with Crippen molar-refractivity contribution >= 4 is 23.8 Å². The zero-order chi connectivity index (χ0) is 11.5. The number of rotatable bonds is 4. The van der Waals surface area contributed by atoms with Gasteiger partial charge in [0.25, 0.3) is 0 Å². The number of pyridine rings is 1. The molecule has 1 aromatic heterocycles. The van der Waals surface area contributed by atoms with Gasteiger partial charge in [-0.1, -0.05) is 0 Å². The molecule has 2 N–H and O–H groups in total. The number of hydrogen-bond donors (Lipinski definition) is 2. The number of phosphoric acid groups is 1. The van der Waals surface area contributed by atoms with Crippen molar-refractivity contribution in [1.82, 2.24) is 4.98 Å². The van der Waals surface area contributed by atoms with Crippen LogP contribution in [0.2, 0.25) is 0 Å². The van der Waals surface area contributed by atoms with Gasteiger partial charge in [0.05, 0.1) is 12.8 Å². The maximum absolute atomic E-state index is 10.5. The summed E-state index contributed by atoms with van der Waals surface area (Å²) in [6.07, 6.45) is 0. The third-order valence-corrected chi connectivity index (χ3v) is 2.66. The Morgan fingerprint density at radius 3 is 2.73 bits per heavy atom. The lowest BCUT2D eigenvalue weighted by atomic mass is 10.4. The Labute approximate surface area is 94.6 Å². The van der Waals surface area contributed by atoms with E-state index < -0.39 is 7.82 Å².